The smallest absolute Gasteiger partial charge is 0.446 e. The molecule has 1 N–H and O–H groups in total. The van der Waals surface area contributed by atoms with Crippen LogP contribution in [0, 0.1) is 41.5 Å². The second-order valence-electron chi connectivity index (χ2n) is 29.4. The molecule has 0 saturated heterocycles. The molecule has 6 heterocycles. The number of carbonyl (C=O) groups excluding carboxylic acids is 6. The van der Waals surface area contributed by atoms with Crippen molar-refractivity contribution in [2.24, 2.45) is 0 Å². The SMILES string of the molecule is C.C.C.C=[N+]=[N-].CCOC(=O)C(=[N+]=[N-])C(=O)c1cc(Cl)n(S(=O)(=O)c2ccc(C)cc2)c1Cl.Cc1ccc(S(=O)(=O)n2c(Cl)cc(C(=O)OC(C)(C)C)c2Cl)cc1.Cc1ccc(S(=O)(=O)n2c(Cl)cc(C=O)c2Cl)cc1.Cc1ccc(S(=O)(=O)n2ccc(C(=O)O)c2)cc1.Cc1ccc(S(=O)(=O)n2ccc(C(=O)OC(C)(C)C)c2)cc1.Cc1ccc(S(=O)(=O)n2ccc(C=O)c2)cc1.O=S(Cl)Cl. The van der Waals surface area contributed by atoms with Crippen LogP contribution in [0.1, 0.15) is 166 Å². The monoisotopic (exact) mass is 2180 g/mol. The Hall–Kier alpha value is -11.2. The molecule has 0 spiro atoms. The third-order valence-electron chi connectivity index (χ3n) is 16.9. The topological polar surface area (TPSA) is 492 Å². The molecule has 0 radical (unpaired) electrons. The zero-order valence-corrected chi connectivity index (χ0v) is 84.3. The quantitative estimate of drug-likeness (QED) is 0.00803. The molecule has 49 heteroatoms. The van der Waals surface area contributed by atoms with Gasteiger partial charge >= 0.3 is 29.6 Å². The van der Waals surface area contributed by atoms with Crippen LogP contribution in [0.5, 0.6) is 0 Å². The number of hydrogen-bond acceptors (Lipinski definition) is 23. The molecule has 12 aromatic rings. The minimum atomic E-state index is -4.21. The lowest BCUT2D eigenvalue weighted by molar-refractivity contribution is -0.139. The molecule has 137 heavy (non-hydrogen) atoms. The van der Waals surface area contributed by atoms with Crippen LogP contribution in [0.3, 0.4) is 0 Å². The molecule has 6 aromatic carbocycles. The van der Waals surface area contributed by atoms with Crippen LogP contribution in [0.2, 0.25) is 30.9 Å². The number of carboxylic acids is 1. The molecule has 12 rings (SSSR count). The number of ketones is 1. The van der Waals surface area contributed by atoms with Crippen molar-refractivity contribution in [1.29, 1.82) is 0 Å². The largest absolute Gasteiger partial charge is 0.478 e. The summed E-state index contributed by atoms with van der Waals surface area (Å²) in [7, 11) is -15.8. The number of aryl methyl sites for hydroxylation is 6. The molecule has 0 saturated carbocycles. The summed E-state index contributed by atoms with van der Waals surface area (Å²) in [5.74, 6) is -4.78. The minimum absolute atomic E-state index is 0. The number of esters is 3. The lowest BCUT2D eigenvalue weighted by atomic mass is 10.1. The van der Waals surface area contributed by atoms with Gasteiger partial charge in [-0.05, 0) is 199 Å². The second-order valence-corrected chi connectivity index (χ2v) is 45.0. The van der Waals surface area contributed by atoms with Gasteiger partial charge in [0.25, 0.3) is 65.9 Å². The van der Waals surface area contributed by atoms with Crippen LogP contribution >= 0.6 is 91.0 Å². The van der Waals surface area contributed by atoms with Gasteiger partial charge in [0, 0.05) is 64.1 Å². The van der Waals surface area contributed by atoms with Crippen LogP contribution in [0.25, 0.3) is 11.1 Å². The standard InChI is InChI=1S/C16H13Cl2N3O5S.C16H17Cl2NO4S.C16H19NO4S.C12H9Cl2NO3S.C12H11NO4S.C12H11NO3S.CH2N2.3CH4.Cl2OS/c1-3-26-16(23)13(20-19)14(22)11-8-12(17)21(15(11)18)27(24,25)10-6-4-9(2)5-7-10;1-10-5-7-11(8-6-10)24(21,22)19-13(17)9-12(14(19)18)15(20)23-16(2,3)4;1-12-5-7-14(8-6-12)22(19,20)17-10-9-13(11-17)15(18)21-16(2,3)4;1-8-2-4-10(5-3-8)19(17,18)15-11(13)6-9(7-16)12(15)14;1-9-2-4-11(5-3-9)18(16,17)13-7-6-10(8-13)12(14)15;1-10-2-4-12(5-3-10)17(15,16)13-7-6-11(8-13)9-14;1-3-2;;;;1-4(2)3/h4-8H,3H2,1-2H3;5-9H,1-4H3;5-11H,1-4H3;2-7H,1H3;2-8H,1H3,(H,14,15);2-9H,1H3;1H2;3*1H4;. The van der Waals surface area contributed by atoms with Gasteiger partial charge in [-0.2, -0.15) is 9.58 Å². The predicted molar refractivity (Wildman–Crippen MR) is 528 cm³/mol. The summed E-state index contributed by atoms with van der Waals surface area (Å²) in [5.41, 5.74) is 19.3. The van der Waals surface area contributed by atoms with Crippen LogP contribution in [-0.2, 0) is 88.4 Å². The molecular formula is C88H94Cl8N10O24S7. The Labute approximate surface area is 836 Å². The van der Waals surface area contributed by atoms with Crippen molar-refractivity contribution < 1.29 is 117 Å². The van der Waals surface area contributed by atoms with Crippen molar-refractivity contribution in [3.8, 4) is 0 Å². The number of halogens is 8. The molecule has 0 bridgehead atoms. The molecule has 0 aliphatic carbocycles. The highest BCUT2D eigenvalue weighted by atomic mass is 36.0. The van der Waals surface area contributed by atoms with Gasteiger partial charge < -0.3 is 30.4 Å². The maximum atomic E-state index is 12.8. The zero-order valence-electron chi connectivity index (χ0n) is 72.5. The fraction of sp³-hybridized carbons (Fsp3) is 0.216. The van der Waals surface area contributed by atoms with Gasteiger partial charge in [0.15, 0.2) is 12.6 Å². The Morgan fingerprint density at radius 3 is 0.971 bits per heavy atom. The summed E-state index contributed by atoms with van der Waals surface area (Å²) in [4.78, 5) is 85.6. The van der Waals surface area contributed by atoms with Gasteiger partial charge in [0.1, 0.15) is 42.1 Å². The maximum Gasteiger partial charge on any atom is 0.446 e. The van der Waals surface area contributed by atoms with Crippen molar-refractivity contribution in [2.75, 3.05) is 6.61 Å². The number of carbonyl (C=O) groups is 7. The normalized spacial score (nSPS) is 11.1. The number of aromatic carboxylic acids is 1. The van der Waals surface area contributed by atoms with E-state index in [0.717, 1.165) is 65.5 Å². The van der Waals surface area contributed by atoms with E-state index in [1.807, 2.05) is 34.6 Å². The van der Waals surface area contributed by atoms with E-state index in [4.69, 9.17) is 99.5 Å². The van der Waals surface area contributed by atoms with Crippen molar-refractivity contribution in [2.45, 2.75) is 153 Å². The first-order valence-electron chi connectivity index (χ1n) is 37.7. The van der Waals surface area contributed by atoms with Gasteiger partial charge in [-0.15, -0.1) is 0 Å². The zero-order chi connectivity index (χ0) is 101. The molecule has 738 valence electrons. The number of benzene rings is 6. The Morgan fingerprint density at radius 1 is 0.423 bits per heavy atom. The number of nitrogens with zero attached hydrogens (tertiary/aromatic N) is 10. The molecule has 0 fully saturated rings. The highest BCUT2D eigenvalue weighted by Crippen LogP contribution is 2.35. The van der Waals surface area contributed by atoms with Crippen LogP contribution in [-0.4, -0.2) is 166 Å². The third-order valence-corrected chi connectivity index (χ3v) is 29.6. The van der Waals surface area contributed by atoms with Gasteiger partial charge in [-0.25, -0.2) is 97.7 Å². The first-order valence-corrected chi connectivity index (χ1v) is 51.4. The summed E-state index contributed by atoms with van der Waals surface area (Å²) < 4.78 is 179. The van der Waals surface area contributed by atoms with Crippen molar-refractivity contribution in [1.82, 2.24) is 23.8 Å². The Balaban J connectivity index is 0.000000549. The molecular weight excluding hydrogens is 2090 g/mol. The average Bonchev–Trinajstić information content (AvgIpc) is 1.63. The van der Waals surface area contributed by atoms with Crippen LogP contribution in [0.15, 0.2) is 249 Å². The first kappa shape index (κ1) is 122. The van der Waals surface area contributed by atoms with E-state index >= 15 is 0 Å². The van der Waals surface area contributed by atoms with E-state index in [2.05, 4.69) is 42.4 Å². The number of ether oxygens (including phenoxy) is 3. The number of carboxylic acid groups (broad SMARTS) is 1. The minimum Gasteiger partial charge on any atom is -0.478 e. The fourth-order valence-corrected chi connectivity index (χ4v) is 20.9. The highest BCUT2D eigenvalue weighted by Gasteiger charge is 2.38. The second kappa shape index (κ2) is 52.0. The van der Waals surface area contributed by atoms with Gasteiger partial charge in [0.05, 0.1) is 63.8 Å². The number of aldehydes is 2. The Bertz CT molecular complexity index is 7180. The Morgan fingerprint density at radius 2 is 0.693 bits per heavy atom. The van der Waals surface area contributed by atoms with E-state index in [1.54, 1.807) is 133 Å². The van der Waals surface area contributed by atoms with Crippen LogP contribution in [0.4, 0.5) is 0 Å². The first-order chi connectivity index (χ1) is 62.1. The van der Waals surface area contributed by atoms with Crippen molar-refractivity contribution in [3.05, 3.63) is 328 Å². The molecule has 0 aliphatic rings. The summed E-state index contributed by atoms with van der Waals surface area (Å²) in [6.07, 6.45) is 8.63. The lowest BCUT2D eigenvalue weighted by Gasteiger charge is -2.19. The van der Waals surface area contributed by atoms with E-state index in [9.17, 15) is 84.1 Å². The van der Waals surface area contributed by atoms with E-state index in [0.29, 0.717) is 22.1 Å². The molecule has 0 atom stereocenters. The number of aromatic nitrogens is 6. The molecule has 0 aliphatic heterocycles. The molecule has 0 unspecified atom stereocenters. The van der Waals surface area contributed by atoms with Crippen molar-refractivity contribution >= 4 is 215 Å². The number of hydrogen-bond donors (Lipinski definition) is 1. The van der Waals surface area contributed by atoms with E-state index in [1.165, 1.54) is 129 Å². The van der Waals surface area contributed by atoms with Crippen LogP contribution < -0.4 is 0 Å². The van der Waals surface area contributed by atoms with Gasteiger partial charge in [0.2, 0.25) is 15.9 Å². The summed E-state index contributed by atoms with van der Waals surface area (Å²) >= 11 is 35.9. The average molecular weight is 2180 g/mol. The number of Topliss-reactive ketones (excluding diaryl/α,β-unsaturated/α-hetero) is 1. The maximum absolute atomic E-state index is 12.8. The summed E-state index contributed by atoms with van der Waals surface area (Å²) in [6.45, 7) is 25.5. The summed E-state index contributed by atoms with van der Waals surface area (Å²) in [6, 6.07) is 45.3. The number of rotatable bonds is 21. The van der Waals surface area contributed by atoms with Crippen molar-refractivity contribution in [3.63, 3.8) is 0 Å². The van der Waals surface area contributed by atoms with Gasteiger partial charge in [-0.3, -0.25) is 14.4 Å². The highest BCUT2D eigenvalue weighted by molar-refractivity contribution is 8.26. The molecule has 0 amide bonds. The predicted octanol–water partition coefficient (Wildman–Crippen LogP) is 19.6. The van der Waals surface area contributed by atoms with Gasteiger partial charge in [-0.1, -0.05) is 198 Å². The molecule has 34 nitrogen and oxygen atoms in total. The molecule has 6 aromatic heterocycles. The lowest BCUT2D eigenvalue weighted by Crippen LogP contribution is -2.27. The Kier molecular flexibility index (Phi) is 46.3. The van der Waals surface area contributed by atoms with E-state index in [-0.39, 0.29) is 106 Å². The fourth-order valence-electron chi connectivity index (χ4n) is 10.4. The van der Waals surface area contributed by atoms with E-state index < -0.39 is 127 Å². The third kappa shape index (κ3) is 33.0. The summed E-state index contributed by atoms with van der Waals surface area (Å²) in [5, 5.41) is 6.96.